The molecule has 4 rings (SSSR count). The van der Waals surface area contributed by atoms with Gasteiger partial charge < -0.3 is 5.32 Å². The molecular weight excluding hydrogens is 302 g/mol. The minimum absolute atomic E-state index is 0.0379. The summed E-state index contributed by atoms with van der Waals surface area (Å²) in [5.41, 5.74) is 3.32. The molecule has 1 aliphatic rings. The summed E-state index contributed by atoms with van der Waals surface area (Å²) >= 11 is 0. The minimum Gasteiger partial charge on any atom is -0.329 e. The number of nitrogens with zero attached hydrogens (tertiary/aromatic N) is 2. The monoisotopic (exact) mass is 317 g/mol. The fraction of sp³-hybridized carbons (Fsp3) is 0.105. The van der Waals surface area contributed by atoms with Gasteiger partial charge in [-0.3, -0.25) is 14.2 Å². The molecule has 1 aromatic heterocycles. The van der Waals surface area contributed by atoms with Crippen molar-refractivity contribution in [2.45, 2.75) is 13.0 Å². The molecule has 2 aromatic carbocycles. The maximum Gasteiger partial charge on any atom is 0.261 e. The van der Waals surface area contributed by atoms with Crippen LogP contribution in [0.1, 0.15) is 17.8 Å². The van der Waals surface area contributed by atoms with Crippen LogP contribution >= 0.6 is 0 Å². The lowest BCUT2D eigenvalue weighted by Gasteiger charge is -2.07. The summed E-state index contributed by atoms with van der Waals surface area (Å²) in [7, 11) is 0. The Morgan fingerprint density at radius 2 is 1.96 bits per heavy atom. The molecule has 1 aliphatic heterocycles. The Balaban J connectivity index is 1.88. The highest BCUT2D eigenvalue weighted by molar-refractivity contribution is 5.87. The van der Waals surface area contributed by atoms with Crippen molar-refractivity contribution in [3.05, 3.63) is 70.3 Å². The van der Waals surface area contributed by atoms with E-state index in [0.29, 0.717) is 35.4 Å². The van der Waals surface area contributed by atoms with Crippen LogP contribution < -0.4 is 10.9 Å². The van der Waals surface area contributed by atoms with Crippen molar-refractivity contribution in [2.24, 2.45) is 0 Å². The van der Waals surface area contributed by atoms with Crippen molar-refractivity contribution >= 4 is 34.6 Å². The number of rotatable bonds is 3. The van der Waals surface area contributed by atoms with Crippen LogP contribution in [0.5, 0.6) is 0 Å². The van der Waals surface area contributed by atoms with Gasteiger partial charge in [0.15, 0.2) is 0 Å². The Kier molecular flexibility index (Phi) is 3.46. The van der Waals surface area contributed by atoms with Gasteiger partial charge in [-0.2, -0.15) is 0 Å². The lowest BCUT2D eigenvalue weighted by atomic mass is 10.1. The van der Waals surface area contributed by atoms with Crippen molar-refractivity contribution in [3.8, 4) is 0 Å². The van der Waals surface area contributed by atoms with Gasteiger partial charge >= 0.3 is 0 Å². The number of amides is 1. The maximum absolute atomic E-state index is 12.7. The number of anilines is 1. The zero-order valence-electron chi connectivity index (χ0n) is 12.9. The molecule has 0 bridgehead atoms. The predicted molar refractivity (Wildman–Crippen MR) is 94.6 cm³/mol. The molecule has 0 unspecified atom stereocenters. The van der Waals surface area contributed by atoms with Gasteiger partial charge in [0, 0.05) is 12.2 Å². The standard InChI is InChI=1S/C19H15N3O2/c23-12-20-15-6-7-16-17(11-15)21-18-14(8-9-22(18)19(16)24)10-13-4-2-1-3-5-13/h1-7,10-12H,8-9H2,(H,20,23). The van der Waals surface area contributed by atoms with Gasteiger partial charge in [-0.1, -0.05) is 30.3 Å². The molecule has 1 N–H and O–H groups in total. The van der Waals surface area contributed by atoms with E-state index in [9.17, 15) is 9.59 Å². The Bertz CT molecular complexity index is 1020. The molecule has 0 spiro atoms. The SMILES string of the molecule is O=CNc1ccc2c(=O)n3c(nc2c1)C(=Cc1ccccc1)CC3. The van der Waals surface area contributed by atoms with Crippen molar-refractivity contribution < 1.29 is 4.79 Å². The summed E-state index contributed by atoms with van der Waals surface area (Å²) in [6.07, 6.45) is 3.47. The molecule has 118 valence electrons. The first kappa shape index (κ1) is 14.4. The molecule has 0 saturated carbocycles. The van der Waals surface area contributed by atoms with Crippen LogP contribution in [0.15, 0.2) is 53.3 Å². The van der Waals surface area contributed by atoms with Crippen LogP contribution in [0.3, 0.4) is 0 Å². The number of benzene rings is 2. The van der Waals surface area contributed by atoms with E-state index in [1.807, 2.05) is 30.3 Å². The zero-order valence-corrected chi connectivity index (χ0v) is 12.9. The molecule has 0 atom stereocenters. The zero-order chi connectivity index (χ0) is 16.5. The molecule has 0 radical (unpaired) electrons. The Hall–Kier alpha value is -3.21. The summed E-state index contributed by atoms with van der Waals surface area (Å²) in [4.78, 5) is 28.0. The molecule has 3 aromatic rings. The van der Waals surface area contributed by atoms with Crippen molar-refractivity contribution in [3.63, 3.8) is 0 Å². The highest BCUT2D eigenvalue weighted by Gasteiger charge is 2.20. The van der Waals surface area contributed by atoms with E-state index >= 15 is 0 Å². The first-order chi connectivity index (χ1) is 11.8. The number of hydrogen-bond donors (Lipinski definition) is 1. The van der Waals surface area contributed by atoms with Crippen LogP contribution in [-0.2, 0) is 11.3 Å². The lowest BCUT2D eigenvalue weighted by Crippen LogP contribution is -2.20. The average Bonchev–Trinajstić information content (AvgIpc) is 2.99. The molecule has 0 aliphatic carbocycles. The second-order valence-electron chi connectivity index (χ2n) is 5.72. The number of aromatic nitrogens is 2. The minimum atomic E-state index is -0.0379. The van der Waals surface area contributed by atoms with Gasteiger partial charge in [0.2, 0.25) is 6.41 Å². The molecule has 5 nitrogen and oxygen atoms in total. The Morgan fingerprint density at radius 1 is 1.12 bits per heavy atom. The highest BCUT2D eigenvalue weighted by Crippen LogP contribution is 2.28. The van der Waals surface area contributed by atoms with E-state index in [1.165, 1.54) is 0 Å². The Morgan fingerprint density at radius 3 is 2.75 bits per heavy atom. The smallest absolute Gasteiger partial charge is 0.261 e. The molecule has 0 fully saturated rings. The third kappa shape index (κ3) is 2.40. The maximum atomic E-state index is 12.7. The molecule has 1 amide bonds. The molecule has 5 heteroatoms. The third-order valence-corrected chi connectivity index (χ3v) is 4.21. The van der Waals surface area contributed by atoms with Gasteiger partial charge in [-0.15, -0.1) is 0 Å². The topological polar surface area (TPSA) is 64.0 Å². The first-order valence-corrected chi connectivity index (χ1v) is 7.77. The van der Waals surface area contributed by atoms with Gasteiger partial charge in [0.25, 0.3) is 5.56 Å². The average molecular weight is 317 g/mol. The first-order valence-electron chi connectivity index (χ1n) is 7.77. The van der Waals surface area contributed by atoms with Crippen LogP contribution in [0.25, 0.3) is 22.6 Å². The second-order valence-corrected chi connectivity index (χ2v) is 5.72. The quantitative estimate of drug-likeness (QED) is 0.756. The number of fused-ring (bicyclic) bond motifs is 2. The van der Waals surface area contributed by atoms with Crippen LogP contribution in [-0.4, -0.2) is 16.0 Å². The Labute approximate surface area is 138 Å². The predicted octanol–water partition coefficient (Wildman–Crippen LogP) is 2.91. The second kappa shape index (κ2) is 5.77. The molecular formula is C19H15N3O2. The number of carbonyl (C=O) groups is 1. The van der Waals surface area contributed by atoms with Crippen molar-refractivity contribution in [1.29, 1.82) is 0 Å². The van der Waals surface area contributed by atoms with E-state index in [4.69, 9.17) is 0 Å². The van der Waals surface area contributed by atoms with Crippen LogP contribution in [0, 0.1) is 0 Å². The van der Waals surface area contributed by atoms with Gasteiger partial charge in [0.05, 0.1) is 10.9 Å². The summed E-state index contributed by atoms with van der Waals surface area (Å²) in [6, 6.07) is 15.2. The van der Waals surface area contributed by atoms with Gasteiger partial charge in [-0.25, -0.2) is 4.98 Å². The highest BCUT2D eigenvalue weighted by atomic mass is 16.1. The molecule has 2 heterocycles. The number of carbonyl (C=O) groups excluding carboxylic acids is 1. The van der Waals surface area contributed by atoms with Crippen LogP contribution in [0.4, 0.5) is 5.69 Å². The van der Waals surface area contributed by atoms with E-state index in [1.54, 1.807) is 22.8 Å². The number of hydrogen-bond acceptors (Lipinski definition) is 3. The van der Waals surface area contributed by atoms with Gasteiger partial charge in [0.1, 0.15) is 5.82 Å². The van der Waals surface area contributed by atoms with E-state index in [-0.39, 0.29) is 5.56 Å². The molecule has 0 saturated heterocycles. The van der Waals surface area contributed by atoms with Crippen LogP contribution in [0.2, 0.25) is 0 Å². The van der Waals surface area contributed by atoms with Gasteiger partial charge in [-0.05, 0) is 41.8 Å². The summed E-state index contributed by atoms with van der Waals surface area (Å²) < 4.78 is 1.73. The number of allylic oxidation sites excluding steroid dienone is 1. The largest absolute Gasteiger partial charge is 0.329 e. The van der Waals surface area contributed by atoms with E-state index in [2.05, 4.69) is 16.4 Å². The fourth-order valence-electron chi connectivity index (χ4n) is 3.06. The molecule has 24 heavy (non-hydrogen) atoms. The van der Waals surface area contributed by atoms with Crippen molar-refractivity contribution in [1.82, 2.24) is 9.55 Å². The number of nitrogens with one attached hydrogen (secondary N) is 1. The summed E-state index contributed by atoms with van der Waals surface area (Å²) in [6.45, 7) is 0.643. The third-order valence-electron chi connectivity index (χ3n) is 4.21. The van der Waals surface area contributed by atoms with E-state index < -0.39 is 0 Å². The fourth-order valence-corrected chi connectivity index (χ4v) is 3.06. The van der Waals surface area contributed by atoms with Crippen molar-refractivity contribution in [2.75, 3.05) is 5.32 Å². The summed E-state index contributed by atoms with van der Waals surface area (Å²) in [5.74, 6) is 0.708. The normalized spacial score (nSPS) is 14.8. The lowest BCUT2D eigenvalue weighted by molar-refractivity contribution is -0.105. The van der Waals surface area contributed by atoms with E-state index in [0.717, 1.165) is 17.6 Å². The summed E-state index contributed by atoms with van der Waals surface area (Å²) in [5, 5.41) is 3.16.